The van der Waals surface area contributed by atoms with Crippen molar-refractivity contribution in [3.8, 4) is 22.9 Å². The normalized spacial score (nSPS) is 10.9. The minimum absolute atomic E-state index is 0.196. The number of para-hydroxylation sites is 1. The van der Waals surface area contributed by atoms with E-state index in [1.807, 2.05) is 19.1 Å². The number of nitrogens with zero attached hydrogens (tertiary/aromatic N) is 3. The van der Waals surface area contributed by atoms with E-state index in [0.29, 0.717) is 45.2 Å². The lowest BCUT2D eigenvalue weighted by molar-refractivity contribution is -0.114. The average molecular weight is 528 g/mol. The summed E-state index contributed by atoms with van der Waals surface area (Å²) in [6.07, 6.45) is 1.48. The number of pyridine rings is 1. The fourth-order valence-corrected chi connectivity index (χ4v) is 4.47. The Morgan fingerprint density at radius 3 is 2.36 bits per heavy atom. The van der Waals surface area contributed by atoms with Crippen LogP contribution in [0.5, 0.6) is 11.5 Å². The Hall–Kier alpha value is -3.82. The highest BCUT2D eigenvalue weighted by atomic mass is 35.5. The van der Waals surface area contributed by atoms with Crippen molar-refractivity contribution < 1.29 is 14.3 Å². The van der Waals surface area contributed by atoms with Gasteiger partial charge in [-0.1, -0.05) is 35.3 Å². The van der Waals surface area contributed by atoms with E-state index in [9.17, 15) is 9.59 Å². The van der Waals surface area contributed by atoms with Gasteiger partial charge in [-0.05, 0) is 24.6 Å². The molecule has 186 valence electrons. The van der Waals surface area contributed by atoms with E-state index >= 15 is 0 Å². The lowest BCUT2D eigenvalue weighted by Gasteiger charge is -2.17. The summed E-state index contributed by atoms with van der Waals surface area (Å²) in [5, 5.41) is 6.72. The molecule has 0 saturated heterocycles. The number of amides is 1. The molecule has 11 heteroatoms. The molecule has 0 aliphatic heterocycles. The van der Waals surface area contributed by atoms with Crippen molar-refractivity contribution in [3.05, 3.63) is 62.5 Å². The number of carbonyl (C=O) groups excluding carboxylic acids is 1. The van der Waals surface area contributed by atoms with Crippen molar-refractivity contribution in [2.24, 2.45) is 7.05 Å². The van der Waals surface area contributed by atoms with Gasteiger partial charge >= 0.3 is 0 Å². The largest absolute Gasteiger partial charge is 0.495 e. The zero-order valence-electron chi connectivity index (χ0n) is 20.2. The van der Waals surface area contributed by atoms with Crippen LogP contribution in [0.15, 0.2) is 41.3 Å². The highest BCUT2D eigenvalue weighted by molar-refractivity contribution is 6.41. The third-order valence-electron chi connectivity index (χ3n) is 5.60. The van der Waals surface area contributed by atoms with Crippen molar-refractivity contribution in [1.29, 1.82) is 0 Å². The van der Waals surface area contributed by atoms with Gasteiger partial charge in [-0.25, -0.2) is 9.97 Å². The van der Waals surface area contributed by atoms with Gasteiger partial charge < -0.3 is 20.1 Å². The molecule has 2 aromatic carbocycles. The molecule has 4 rings (SSSR count). The Labute approximate surface area is 217 Å². The van der Waals surface area contributed by atoms with Gasteiger partial charge in [-0.2, -0.15) is 0 Å². The van der Waals surface area contributed by atoms with Crippen LogP contribution in [0.3, 0.4) is 0 Å². The number of ether oxygens (including phenoxy) is 2. The number of methoxy groups -OCH3 is 2. The molecule has 1 amide bonds. The van der Waals surface area contributed by atoms with Crippen LogP contribution in [0.2, 0.25) is 10.0 Å². The molecule has 36 heavy (non-hydrogen) atoms. The first-order chi connectivity index (χ1) is 17.2. The minimum atomic E-state index is -0.332. The summed E-state index contributed by atoms with van der Waals surface area (Å²) < 4.78 is 12.0. The molecule has 0 spiro atoms. The smallest absolute Gasteiger partial charge is 0.261 e. The van der Waals surface area contributed by atoms with Crippen LogP contribution >= 0.6 is 23.2 Å². The third-order valence-corrected chi connectivity index (χ3v) is 6.35. The third kappa shape index (κ3) is 4.55. The number of aromatic nitrogens is 3. The van der Waals surface area contributed by atoms with Gasteiger partial charge in [-0.3, -0.25) is 14.2 Å². The van der Waals surface area contributed by atoms with Gasteiger partial charge in [0.2, 0.25) is 5.91 Å². The van der Waals surface area contributed by atoms with Crippen LogP contribution < -0.4 is 25.7 Å². The number of carbonyl (C=O) groups is 1. The molecular formula is C25H23Cl2N5O4. The van der Waals surface area contributed by atoms with E-state index in [1.54, 1.807) is 25.2 Å². The van der Waals surface area contributed by atoms with Crippen molar-refractivity contribution in [1.82, 2.24) is 14.5 Å². The van der Waals surface area contributed by atoms with Crippen LogP contribution in [0.25, 0.3) is 22.3 Å². The van der Waals surface area contributed by atoms with Gasteiger partial charge in [0.25, 0.3) is 5.56 Å². The number of halogens is 2. The number of hydrogen-bond donors (Lipinski definition) is 2. The van der Waals surface area contributed by atoms with Crippen molar-refractivity contribution in [3.63, 3.8) is 0 Å². The SMILES string of the molecule is COc1cc(OC)c(Cl)c(-c2nc3cnc(Nc4c(C)cccc4NC(C)=O)cc3c(=O)n2C)c1Cl. The maximum Gasteiger partial charge on any atom is 0.261 e. The second-order valence-electron chi connectivity index (χ2n) is 7.97. The molecule has 2 heterocycles. The molecule has 0 radical (unpaired) electrons. The predicted octanol–water partition coefficient (Wildman–Crippen LogP) is 5.33. The molecule has 0 bridgehead atoms. The zero-order valence-corrected chi connectivity index (χ0v) is 21.7. The fraction of sp³-hybridized carbons (Fsp3) is 0.200. The van der Waals surface area contributed by atoms with E-state index in [1.165, 1.54) is 31.9 Å². The second-order valence-corrected chi connectivity index (χ2v) is 8.73. The maximum absolute atomic E-state index is 13.4. The Morgan fingerprint density at radius 1 is 1.08 bits per heavy atom. The summed E-state index contributed by atoms with van der Waals surface area (Å²) >= 11 is 13.1. The number of benzene rings is 2. The number of nitrogens with one attached hydrogen (secondary N) is 2. The summed E-state index contributed by atoms with van der Waals surface area (Å²) in [7, 11) is 4.51. The topological polar surface area (TPSA) is 107 Å². The Balaban J connectivity index is 1.85. The molecule has 0 fully saturated rings. The highest BCUT2D eigenvalue weighted by Crippen LogP contribution is 2.45. The van der Waals surface area contributed by atoms with Gasteiger partial charge in [-0.15, -0.1) is 0 Å². The summed E-state index contributed by atoms with van der Waals surface area (Å²) in [6.45, 7) is 3.33. The Kier molecular flexibility index (Phi) is 7.05. The molecule has 9 nitrogen and oxygen atoms in total. The van der Waals surface area contributed by atoms with Crippen molar-refractivity contribution in [2.75, 3.05) is 24.9 Å². The van der Waals surface area contributed by atoms with Gasteiger partial charge in [0.15, 0.2) is 0 Å². The van der Waals surface area contributed by atoms with Crippen LogP contribution in [0.4, 0.5) is 17.2 Å². The number of rotatable bonds is 6. The predicted molar refractivity (Wildman–Crippen MR) is 142 cm³/mol. The molecule has 4 aromatic rings. The van der Waals surface area contributed by atoms with Crippen LogP contribution in [0.1, 0.15) is 12.5 Å². The van der Waals surface area contributed by atoms with Gasteiger partial charge in [0, 0.05) is 20.0 Å². The van der Waals surface area contributed by atoms with E-state index in [2.05, 4.69) is 20.6 Å². The highest BCUT2D eigenvalue weighted by Gasteiger charge is 2.23. The number of anilines is 3. The molecule has 0 atom stereocenters. The minimum Gasteiger partial charge on any atom is -0.495 e. The molecule has 0 aliphatic carbocycles. The standard InChI is InChI=1S/C25H23Cl2N5O4/c1-12-7-6-8-15(29-13(2)33)23(12)31-19-9-14-16(11-28-19)30-24(32(3)25(14)34)20-21(26)17(35-4)10-18(36-5)22(20)27/h6-11H,1-5H3,(H,28,31)(H,29,33). The quantitative estimate of drug-likeness (QED) is 0.348. The molecule has 0 saturated carbocycles. The average Bonchev–Trinajstić information content (AvgIpc) is 2.84. The van der Waals surface area contributed by atoms with Gasteiger partial charge in [0.1, 0.15) is 23.1 Å². The molecule has 0 aliphatic rings. The number of hydrogen-bond acceptors (Lipinski definition) is 7. The monoisotopic (exact) mass is 527 g/mol. The first kappa shape index (κ1) is 25.3. The van der Waals surface area contributed by atoms with Crippen LogP contribution in [-0.4, -0.2) is 34.7 Å². The molecular weight excluding hydrogens is 505 g/mol. The Morgan fingerprint density at radius 2 is 1.75 bits per heavy atom. The van der Waals surface area contributed by atoms with E-state index < -0.39 is 0 Å². The first-order valence-electron chi connectivity index (χ1n) is 10.8. The van der Waals surface area contributed by atoms with Crippen molar-refractivity contribution >= 4 is 57.2 Å². The summed E-state index contributed by atoms with van der Waals surface area (Å²) in [5.41, 5.74) is 2.48. The number of fused-ring (bicyclic) bond motifs is 1. The lowest BCUT2D eigenvalue weighted by Crippen LogP contribution is -2.21. The van der Waals surface area contributed by atoms with E-state index in [-0.39, 0.29) is 27.3 Å². The fourth-order valence-electron chi connectivity index (χ4n) is 3.80. The molecule has 0 unspecified atom stereocenters. The lowest BCUT2D eigenvalue weighted by atomic mass is 10.1. The summed E-state index contributed by atoms with van der Waals surface area (Å²) in [6, 6.07) is 8.68. The van der Waals surface area contributed by atoms with Crippen molar-refractivity contribution in [2.45, 2.75) is 13.8 Å². The zero-order chi connectivity index (χ0) is 26.1. The first-order valence-corrected chi connectivity index (χ1v) is 11.5. The Bertz CT molecular complexity index is 1540. The maximum atomic E-state index is 13.4. The summed E-state index contributed by atoms with van der Waals surface area (Å²) in [4.78, 5) is 34.1. The van der Waals surface area contributed by atoms with Gasteiger partial charge in [0.05, 0.1) is 58.3 Å². The van der Waals surface area contributed by atoms with Crippen LogP contribution in [0, 0.1) is 6.92 Å². The molecule has 2 N–H and O–H groups in total. The van der Waals surface area contributed by atoms with E-state index in [4.69, 9.17) is 32.7 Å². The molecule has 2 aromatic heterocycles. The van der Waals surface area contributed by atoms with Crippen LogP contribution in [-0.2, 0) is 11.8 Å². The number of aryl methyl sites for hydroxylation is 1. The van der Waals surface area contributed by atoms with E-state index in [0.717, 1.165) is 5.56 Å². The summed E-state index contributed by atoms with van der Waals surface area (Å²) in [5.74, 6) is 1.09. The second kappa shape index (κ2) is 10.0.